The van der Waals surface area contributed by atoms with Gasteiger partial charge in [-0.15, -0.1) is 0 Å². The second-order valence-electron chi connectivity index (χ2n) is 8.94. The first kappa shape index (κ1) is 24.4. The Morgan fingerprint density at radius 2 is 1.94 bits per heavy atom. The summed E-state index contributed by atoms with van der Waals surface area (Å²) in [5.41, 5.74) is 0.346. The normalized spacial score (nSPS) is 19.8. The molecule has 1 aliphatic heterocycles. The van der Waals surface area contributed by atoms with Gasteiger partial charge in [-0.1, -0.05) is 26.0 Å². The van der Waals surface area contributed by atoms with Crippen molar-refractivity contribution >= 4 is 15.7 Å². The summed E-state index contributed by atoms with van der Waals surface area (Å²) in [4.78, 5) is 18.7. The lowest BCUT2D eigenvalue weighted by molar-refractivity contribution is -0.118. The third kappa shape index (κ3) is 6.87. The molecule has 176 valence electrons. The number of amides is 1. The molecule has 1 N–H and O–H groups in total. The number of sulfone groups is 1. The van der Waals surface area contributed by atoms with Gasteiger partial charge < -0.3 is 14.6 Å². The number of hydrogen-bond acceptors (Lipinski definition) is 6. The molecule has 9 heteroatoms. The summed E-state index contributed by atoms with van der Waals surface area (Å²) in [7, 11) is -3.75. The number of benzene rings is 1. The highest BCUT2D eigenvalue weighted by Gasteiger charge is 2.23. The maximum absolute atomic E-state index is 14.0. The van der Waals surface area contributed by atoms with Crippen LogP contribution in [0.4, 0.5) is 4.39 Å². The predicted molar refractivity (Wildman–Crippen MR) is 121 cm³/mol. The van der Waals surface area contributed by atoms with Crippen molar-refractivity contribution in [3.63, 3.8) is 0 Å². The van der Waals surface area contributed by atoms with E-state index in [-0.39, 0.29) is 22.9 Å². The Bertz CT molecular complexity index is 1030. The Morgan fingerprint density at radius 3 is 2.62 bits per heavy atom. The number of carbonyl (C=O) groups is 1. The highest BCUT2D eigenvalue weighted by Crippen LogP contribution is 2.25. The lowest BCUT2D eigenvalue weighted by atomic mass is 9.92. The van der Waals surface area contributed by atoms with Crippen LogP contribution in [0.2, 0.25) is 0 Å². The van der Waals surface area contributed by atoms with E-state index in [9.17, 15) is 17.6 Å². The van der Waals surface area contributed by atoms with Gasteiger partial charge in [-0.2, -0.15) is 0 Å². The number of aryl methyl sites for hydroxylation is 1. The molecule has 3 rings (SSSR count). The first-order chi connectivity index (χ1) is 15.1. The molecule has 1 amide bonds. The molecule has 0 unspecified atom stereocenters. The summed E-state index contributed by atoms with van der Waals surface area (Å²) in [6.07, 6.45) is 2.03. The van der Waals surface area contributed by atoms with Crippen LogP contribution in [0.3, 0.4) is 0 Å². The molecule has 2 atom stereocenters. The molecular weight excluding hydrogens is 433 g/mol. The predicted octanol–water partition coefficient (Wildman–Crippen LogP) is 3.19. The van der Waals surface area contributed by atoms with Gasteiger partial charge in [0.2, 0.25) is 11.8 Å². The number of rotatable bonds is 9. The summed E-state index contributed by atoms with van der Waals surface area (Å²) in [5, 5.41) is 2.70. The standard InChI is InChI=1S/C23H32FN3O4S/c1-16-11-17(2)13-27(12-16)10-6-9-25-22(28)15-32(29,30)14-21-18(3)31-23(26-21)19-7-4-5-8-20(19)24/h4-5,7-8,16-17H,6,9-15H2,1-3H3,(H,25,28)/t16-,17-/m1/s1. The number of halogens is 1. The first-order valence-corrected chi connectivity index (χ1v) is 12.9. The largest absolute Gasteiger partial charge is 0.441 e. The van der Waals surface area contributed by atoms with Crippen LogP contribution in [0.15, 0.2) is 28.7 Å². The van der Waals surface area contributed by atoms with Crippen LogP contribution in [0.1, 0.15) is 38.1 Å². The molecule has 7 nitrogen and oxygen atoms in total. The summed E-state index contributed by atoms with van der Waals surface area (Å²) in [5.74, 6) is -0.416. The number of oxazole rings is 1. The molecular formula is C23H32FN3O4S. The number of piperidine rings is 1. The van der Waals surface area contributed by atoms with Crippen LogP contribution in [0.25, 0.3) is 11.5 Å². The highest BCUT2D eigenvalue weighted by molar-refractivity contribution is 7.91. The van der Waals surface area contributed by atoms with Crippen LogP contribution in [-0.2, 0) is 20.4 Å². The third-order valence-electron chi connectivity index (χ3n) is 5.62. The Labute approximate surface area is 189 Å². The summed E-state index contributed by atoms with van der Waals surface area (Å²) in [6.45, 7) is 9.55. The summed E-state index contributed by atoms with van der Waals surface area (Å²) in [6, 6.07) is 5.98. The average Bonchev–Trinajstić information content (AvgIpc) is 3.04. The molecule has 1 aliphatic rings. The SMILES string of the molecule is Cc1oc(-c2ccccc2F)nc1CS(=O)(=O)CC(=O)NCCCN1C[C@H](C)C[C@@H](C)C1. The van der Waals surface area contributed by atoms with Crippen molar-refractivity contribution in [1.29, 1.82) is 0 Å². The molecule has 0 aliphatic carbocycles. The van der Waals surface area contributed by atoms with E-state index in [4.69, 9.17) is 4.42 Å². The van der Waals surface area contributed by atoms with Crippen LogP contribution in [-0.4, -0.2) is 56.1 Å². The lowest BCUT2D eigenvalue weighted by Gasteiger charge is -2.34. The Morgan fingerprint density at radius 1 is 1.25 bits per heavy atom. The zero-order valence-electron chi connectivity index (χ0n) is 18.9. The Kier molecular flexibility index (Phi) is 8.05. The number of aromatic nitrogens is 1. The van der Waals surface area contributed by atoms with Gasteiger partial charge in [0.15, 0.2) is 9.84 Å². The lowest BCUT2D eigenvalue weighted by Crippen LogP contribution is -2.40. The summed E-state index contributed by atoms with van der Waals surface area (Å²) >= 11 is 0. The van der Waals surface area contributed by atoms with Gasteiger partial charge in [0.25, 0.3) is 0 Å². The smallest absolute Gasteiger partial charge is 0.235 e. The topological polar surface area (TPSA) is 92.5 Å². The molecule has 0 bridgehead atoms. The zero-order valence-corrected chi connectivity index (χ0v) is 19.8. The van der Waals surface area contributed by atoms with E-state index in [2.05, 4.69) is 29.0 Å². The Hall–Kier alpha value is -2.26. The molecule has 0 saturated carbocycles. The Balaban J connectivity index is 1.48. The van der Waals surface area contributed by atoms with Gasteiger partial charge in [-0.3, -0.25) is 4.79 Å². The van der Waals surface area contributed by atoms with Crippen LogP contribution >= 0.6 is 0 Å². The minimum absolute atomic E-state index is 0.0246. The van der Waals surface area contributed by atoms with E-state index < -0.39 is 33.1 Å². The van der Waals surface area contributed by atoms with Gasteiger partial charge in [-0.25, -0.2) is 17.8 Å². The second-order valence-corrected chi connectivity index (χ2v) is 11.0. The van der Waals surface area contributed by atoms with Crippen molar-refractivity contribution in [1.82, 2.24) is 15.2 Å². The van der Waals surface area contributed by atoms with Crippen molar-refractivity contribution in [3.8, 4) is 11.5 Å². The van der Waals surface area contributed by atoms with Crippen LogP contribution < -0.4 is 5.32 Å². The summed E-state index contributed by atoms with van der Waals surface area (Å²) < 4.78 is 44.4. The van der Waals surface area contributed by atoms with Crippen molar-refractivity contribution in [2.24, 2.45) is 11.8 Å². The fourth-order valence-electron chi connectivity index (χ4n) is 4.33. The van der Waals surface area contributed by atoms with Crippen molar-refractivity contribution in [2.45, 2.75) is 39.4 Å². The third-order valence-corrected chi connectivity index (χ3v) is 7.04. The number of carbonyl (C=O) groups excluding carboxylic acids is 1. The second kappa shape index (κ2) is 10.6. The van der Waals surface area contributed by atoms with Crippen molar-refractivity contribution < 1.29 is 22.0 Å². The fraction of sp³-hybridized carbons (Fsp3) is 0.565. The molecule has 2 aromatic rings. The minimum Gasteiger partial charge on any atom is -0.441 e. The van der Waals surface area contributed by atoms with Gasteiger partial charge in [-0.05, 0) is 50.3 Å². The van der Waals surface area contributed by atoms with E-state index in [1.54, 1.807) is 19.1 Å². The molecule has 2 heterocycles. The van der Waals surface area contributed by atoms with Crippen molar-refractivity contribution in [3.05, 3.63) is 41.5 Å². The van der Waals surface area contributed by atoms with E-state index >= 15 is 0 Å². The molecule has 1 aromatic heterocycles. The van der Waals surface area contributed by atoms with Crippen molar-refractivity contribution in [2.75, 3.05) is 31.9 Å². The fourth-order valence-corrected chi connectivity index (χ4v) is 5.62. The molecule has 1 aromatic carbocycles. The molecule has 1 fully saturated rings. The van der Waals surface area contributed by atoms with E-state index in [1.807, 2.05) is 0 Å². The quantitative estimate of drug-likeness (QED) is 0.572. The van der Waals surface area contributed by atoms with Gasteiger partial charge in [0.05, 0.1) is 17.0 Å². The maximum atomic E-state index is 14.0. The van der Waals surface area contributed by atoms with Crippen LogP contribution in [0.5, 0.6) is 0 Å². The number of nitrogens with one attached hydrogen (secondary N) is 1. The number of hydrogen-bond donors (Lipinski definition) is 1. The molecule has 0 radical (unpaired) electrons. The van der Waals surface area contributed by atoms with E-state index in [0.29, 0.717) is 18.4 Å². The van der Waals surface area contributed by atoms with E-state index in [1.165, 1.54) is 18.6 Å². The van der Waals surface area contributed by atoms with Gasteiger partial charge in [0, 0.05) is 19.6 Å². The minimum atomic E-state index is -3.75. The molecule has 0 spiro atoms. The number of likely N-dealkylation sites (tertiary alicyclic amines) is 1. The van der Waals surface area contributed by atoms with E-state index in [0.717, 1.165) is 26.1 Å². The van der Waals surface area contributed by atoms with Crippen LogP contribution in [0, 0.1) is 24.6 Å². The highest BCUT2D eigenvalue weighted by atomic mass is 32.2. The first-order valence-electron chi connectivity index (χ1n) is 11.0. The monoisotopic (exact) mass is 465 g/mol. The zero-order chi connectivity index (χ0) is 23.3. The van der Waals surface area contributed by atoms with Gasteiger partial charge in [0.1, 0.15) is 17.3 Å². The molecule has 1 saturated heterocycles. The number of nitrogens with zero attached hydrogens (tertiary/aromatic N) is 2. The molecule has 32 heavy (non-hydrogen) atoms. The van der Waals surface area contributed by atoms with Gasteiger partial charge >= 0.3 is 0 Å². The maximum Gasteiger partial charge on any atom is 0.235 e. The average molecular weight is 466 g/mol.